The fourth-order valence-electron chi connectivity index (χ4n) is 2.44. The first-order valence-corrected chi connectivity index (χ1v) is 7.56. The van der Waals surface area contributed by atoms with E-state index in [2.05, 4.69) is 17.2 Å². The minimum Gasteiger partial charge on any atom is -0.348 e. The predicted octanol–water partition coefficient (Wildman–Crippen LogP) is 0.839. The Morgan fingerprint density at radius 3 is 2.70 bits per heavy atom. The molecule has 2 N–H and O–H groups in total. The van der Waals surface area contributed by atoms with E-state index in [0.29, 0.717) is 18.5 Å². The van der Waals surface area contributed by atoms with Gasteiger partial charge in [-0.05, 0) is 36.6 Å². The second kappa shape index (κ2) is 7.58. The lowest BCUT2D eigenvalue weighted by Gasteiger charge is -2.29. The topological polar surface area (TPSA) is 78.5 Å². The monoisotopic (exact) mass is 315 g/mol. The zero-order valence-corrected chi connectivity index (χ0v) is 13.2. The molecular weight excluding hydrogens is 294 g/mol. The first-order valence-electron chi connectivity index (χ1n) is 7.56. The van der Waals surface area contributed by atoms with E-state index in [9.17, 15) is 14.4 Å². The molecule has 6 nitrogen and oxygen atoms in total. The molecule has 1 fully saturated rings. The summed E-state index contributed by atoms with van der Waals surface area (Å²) in [4.78, 5) is 37.0. The van der Waals surface area contributed by atoms with Crippen LogP contribution in [0.15, 0.2) is 36.9 Å². The zero-order valence-electron chi connectivity index (χ0n) is 13.2. The number of likely N-dealkylation sites (N-methyl/N-ethyl adjacent to an activating group) is 1. The number of nitrogens with zero attached hydrogens (tertiary/aromatic N) is 1. The molecule has 0 spiro atoms. The average Bonchev–Trinajstić information content (AvgIpc) is 2.57. The lowest BCUT2D eigenvalue weighted by Crippen LogP contribution is -2.50. The van der Waals surface area contributed by atoms with Gasteiger partial charge in [0.1, 0.15) is 6.04 Å². The van der Waals surface area contributed by atoms with Crippen LogP contribution in [0.5, 0.6) is 0 Å². The Balaban J connectivity index is 1.93. The van der Waals surface area contributed by atoms with Gasteiger partial charge in [0.2, 0.25) is 11.8 Å². The molecule has 122 valence electrons. The Morgan fingerprint density at radius 2 is 2.04 bits per heavy atom. The smallest absolute Gasteiger partial charge is 0.251 e. The molecule has 1 aliphatic rings. The Labute approximate surface area is 135 Å². The number of hydrogen-bond donors (Lipinski definition) is 2. The minimum absolute atomic E-state index is 0.0478. The summed E-state index contributed by atoms with van der Waals surface area (Å²) in [5.74, 6) is -0.555. The number of benzene rings is 1. The lowest BCUT2D eigenvalue weighted by atomic mass is 10.0. The Hall–Kier alpha value is -2.63. The van der Waals surface area contributed by atoms with Crippen LogP contribution in [0, 0.1) is 0 Å². The third-order valence-electron chi connectivity index (χ3n) is 3.83. The van der Waals surface area contributed by atoms with Crippen LogP contribution in [0.4, 0.5) is 0 Å². The summed E-state index contributed by atoms with van der Waals surface area (Å²) in [6.45, 7) is 4.49. The van der Waals surface area contributed by atoms with Gasteiger partial charge in [-0.3, -0.25) is 14.4 Å². The number of amides is 3. The third kappa shape index (κ3) is 4.42. The van der Waals surface area contributed by atoms with Gasteiger partial charge in [0.15, 0.2) is 0 Å². The van der Waals surface area contributed by atoms with Gasteiger partial charge >= 0.3 is 0 Å². The molecule has 1 heterocycles. The molecule has 1 atom stereocenters. The fraction of sp³-hybridized carbons (Fsp3) is 0.353. The summed E-state index contributed by atoms with van der Waals surface area (Å²) in [6, 6.07) is 6.46. The van der Waals surface area contributed by atoms with E-state index in [4.69, 9.17) is 0 Å². The van der Waals surface area contributed by atoms with Crippen LogP contribution in [0.1, 0.15) is 28.8 Å². The standard InChI is InChI=1S/C17H21N3O3/c1-3-15(21)18-11-12-6-8-13(9-7-12)16(22)19-14-5-4-10-20(2)17(14)23/h3,6-9,14H,1,4-5,10-11H2,2H3,(H,18,21)(H,19,22). The maximum absolute atomic E-state index is 12.2. The number of nitrogens with one attached hydrogen (secondary N) is 2. The molecule has 2 rings (SSSR count). The molecule has 3 amide bonds. The van der Waals surface area contributed by atoms with E-state index in [1.807, 2.05) is 0 Å². The summed E-state index contributed by atoms with van der Waals surface area (Å²) in [6.07, 6.45) is 2.76. The maximum Gasteiger partial charge on any atom is 0.251 e. The van der Waals surface area contributed by atoms with E-state index in [1.165, 1.54) is 6.08 Å². The van der Waals surface area contributed by atoms with Gasteiger partial charge in [-0.15, -0.1) is 0 Å². The third-order valence-corrected chi connectivity index (χ3v) is 3.83. The first-order chi connectivity index (χ1) is 11.0. The molecule has 0 radical (unpaired) electrons. The highest BCUT2D eigenvalue weighted by Crippen LogP contribution is 2.11. The highest BCUT2D eigenvalue weighted by molar-refractivity contribution is 5.97. The number of piperidine rings is 1. The number of carbonyl (C=O) groups excluding carboxylic acids is 3. The van der Waals surface area contributed by atoms with Crippen LogP contribution in [0.3, 0.4) is 0 Å². The Kier molecular flexibility index (Phi) is 5.51. The molecule has 23 heavy (non-hydrogen) atoms. The van der Waals surface area contributed by atoms with Crippen molar-refractivity contribution in [3.63, 3.8) is 0 Å². The summed E-state index contributed by atoms with van der Waals surface area (Å²) in [5, 5.41) is 5.45. The maximum atomic E-state index is 12.2. The minimum atomic E-state index is -0.451. The highest BCUT2D eigenvalue weighted by Gasteiger charge is 2.27. The molecular formula is C17H21N3O3. The summed E-state index contributed by atoms with van der Waals surface area (Å²) in [7, 11) is 1.74. The van der Waals surface area contributed by atoms with E-state index < -0.39 is 6.04 Å². The van der Waals surface area contributed by atoms with Crippen molar-refractivity contribution in [1.29, 1.82) is 0 Å². The van der Waals surface area contributed by atoms with Crippen molar-refractivity contribution < 1.29 is 14.4 Å². The van der Waals surface area contributed by atoms with Crippen molar-refractivity contribution in [3.05, 3.63) is 48.0 Å². The summed E-state index contributed by atoms with van der Waals surface area (Å²) >= 11 is 0. The summed E-state index contributed by atoms with van der Waals surface area (Å²) in [5.41, 5.74) is 1.37. The van der Waals surface area contributed by atoms with E-state index in [1.54, 1.807) is 36.2 Å². The quantitative estimate of drug-likeness (QED) is 0.790. The molecule has 0 aromatic heterocycles. The molecule has 0 aliphatic carbocycles. The van der Waals surface area contributed by atoms with Crippen LogP contribution in [-0.2, 0) is 16.1 Å². The Bertz CT molecular complexity index is 610. The lowest BCUT2D eigenvalue weighted by molar-refractivity contribution is -0.134. The van der Waals surface area contributed by atoms with Gasteiger partial charge in [0.05, 0.1) is 0 Å². The van der Waals surface area contributed by atoms with Crippen molar-refractivity contribution >= 4 is 17.7 Å². The number of likely N-dealkylation sites (tertiary alicyclic amines) is 1. The second-order valence-corrected chi connectivity index (χ2v) is 5.55. The fourth-order valence-corrected chi connectivity index (χ4v) is 2.44. The van der Waals surface area contributed by atoms with E-state index >= 15 is 0 Å². The van der Waals surface area contributed by atoms with Crippen molar-refractivity contribution in [2.45, 2.75) is 25.4 Å². The van der Waals surface area contributed by atoms with E-state index in [0.717, 1.165) is 18.5 Å². The molecule has 6 heteroatoms. The average molecular weight is 315 g/mol. The van der Waals surface area contributed by atoms with Gasteiger partial charge < -0.3 is 15.5 Å². The molecule has 1 aliphatic heterocycles. The van der Waals surface area contributed by atoms with Crippen molar-refractivity contribution in [3.8, 4) is 0 Å². The molecule has 0 saturated carbocycles. The predicted molar refractivity (Wildman–Crippen MR) is 86.6 cm³/mol. The van der Waals surface area contributed by atoms with Crippen molar-refractivity contribution in [2.24, 2.45) is 0 Å². The molecule has 0 bridgehead atoms. The number of carbonyl (C=O) groups is 3. The van der Waals surface area contributed by atoms with Crippen molar-refractivity contribution in [1.82, 2.24) is 15.5 Å². The van der Waals surface area contributed by atoms with Crippen LogP contribution in [0.25, 0.3) is 0 Å². The van der Waals surface area contributed by atoms with Crippen molar-refractivity contribution in [2.75, 3.05) is 13.6 Å². The van der Waals surface area contributed by atoms with Gasteiger partial charge in [0.25, 0.3) is 5.91 Å². The zero-order chi connectivity index (χ0) is 16.8. The number of rotatable bonds is 5. The first kappa shape index (κ1) is 16.7. The molecule has 1 aromatic rings. The molecule has 1 unspecified atom stereocenters. The molecule has 1 aromatic carbocycles. The van der Waals surface area contributed by atoms with Crippen LogP contribution < -0.4 is 10.6 Å². The van der Waals surface area contributed by atoms with E-state index in [-0.39, 0.29) is 17.7 Å². The normalized spacial score (nSPS) is 17.5. The summed E-state index contributed by atoms with van der Waals surface area (Å²) < 4.78 is 0. The van der Waals surface area contributed by atoms with Gasteiger partial charge in [-0.25, -0.2) is 0 Å². The number of hydrogen-bond acceptors (Lipinski definition) is 3. The van der Waals surface area contributed by atoms with Gasteiger partial charge in [0, 0.05) is 25.7 Å². The Morgan fingerprint density at radius 1 is 1.35 bits per heavy atom. The van der Waals surface area contributed by atoms with Crippen LogP contribution in [-0.4, -0.2) is 42.3 Å². The molecule has 1 saturated heterocycles. The second-order valence-electron chi connectivity index (χ2n) is 5.55. The van der Waals surface area contributed by atoms with Crippen LogP contribution in [0.2, 0.25) is 0 Å². The van der Waals surface area contributed by atoms with Gasteiger partial charge in [-0.1, -0.05) is 18.7 Å². The largest absolute Gasteiger partial charge is 0.348 e. The SMILES string of the molecule is C=CC(=O)NCc1ccc(C(=O)NC2CCCN(C)C2=O)cc1. The van der Waals surface area contributed by atoms with Gasteiger partial charge in [-0.2, -0.15) is 0 Å². The highest BCUT2D eigenvalue weighted by atomic mass is 16.2. The van der Waals surface area contributed by atoms with Crippen LogP contribution >= 0.6 is 0 Å².